The van der Waals surface area contributed by atoms with Crippen molar-refractivity contribution in [3.8, 4) is 5.69 Å². The zero-order valence-corrected chi connectivity index (χ0v) is 18.0. The van der Waals surface area contributed by atoms with Gasteiger partial charge in [0.1, 0.15) is 0 Å². The number of rotatable bonds is 5. The molecule has 4 aromatic rings. The Labute approximate surface area is 187 Å². The maximum absolute atomic E-state index is 5.83. The largest absolute Gasteiger partial charge is 0.352 e. The molecule has 154 valence electrons. The fourth-order valence-corrected chi connectivity index (χ4v) is 4.61. The summed E-state index contributed by atoms with van der Waals surface area (Å²) in [6.45, 7) is 2.84. The van der Waals surface area contributed by atoms with Crippen LogP contribution < -0.4 is 5.32 Å². The van der Waals surface area contributed by atoms with Gasteiger partial charge in [0.15, 0.2) is 5.11 Å². The van der Waals surface area contributed by atoms with Gasteiger partial charge in [-0.05, 0) is 61.1 Å². The molecular formula is C25H23N5S. The first-order valence-electron chi connectivity index (χ1n) is 10.3. The summed E-state index contributed by atoms with van der Waals surface area (Å²) in [6.07, 6.45) is 5.53. The van der Waals surface area contributed by atoms with Crippen LogP contribution in [0.25, 0.3) is 5.69 Å². The van der Waals surface area contributed by atoms with Crippen molar-refractivity contribution in [2.45, 2.75) is 25.6 Å². The van der Waals surface area contributed by atoms with E-state index < -0.39 is 0 Å². The van der Waals surface area contributed by atoms with Crippen LogP contribution >= 0.6 is 12.2 Å². The van der Waals surface area contributed by atoms with E-state index in [1.807, 2.05) is 36.7 Å². The molecule has 1 saturated heterocycles. The lowest BCUT2D eigenvalue weighted by atomic mass is 10.0. The fraction of sp³-hybridized carbons (Fsp3) is 0.160. The second-order valence-corrected chi connectivity index (χ2v) is 8.07. The van der Waals surface area contributed by atoms with E-state index in [9.17, 15) is 0 Å². The highest BCUT2D eigenvalue weighted by molar-refractivity contribution is 7.80. The lowest BCUT2D eigenvalue weighted by molar-refractivity contribution is 0.302. The molecule has 0 radical (unpaired) electrons. The zero-order valence-electron chi connectivity index (χ0n) is 17.2. The van der Waals surface area contributed by atoms with Crippen LogP contribution in [0.3, 0.4) is 0 Å². The predicted octanol–water partition coefficient (Wildman–Crippen LogP) is 4.75. The summed E-state index contributed by atoms with van der Waals surface area (Å²) in [6, 6.07) is 24.8. The van der Waals surface area contributed by atoms with Crippen molar-refractivity contribution in [3.05, 3.63) is 114 Å². The van der Waals surface area contributed by atoms with Gasteiger partial charge in [0, 0.05) is 30.3 Å². The van der Waals surface area contributed by atoms with Gasteiger partial charge in [-0.1, -0.05) is 36.4 Å². The molecule has 3 aromatic heterocycles. The first-order chi connectivity index (χ1) is 15.2. The van der Waals surface area contributed by atoms with Crippen molar-refractivity contribution in [2.24, 2.45) is 0 Å². The van der Waals surface area contributed by atoms with E-state index in [4.69, 9.17) is 12.2 Å². The molecular weight excluding hydrogens is 402 g/mol. The van der Waals surface area contributed by atoms with E-state index in [0.717, 1.165) is 34.4 Å². The SMILES string of the molecule is Cc1ccc([C@@H]2[C@@H](c3ccccn3)NC(=S)N2Cc2ccccc2)n1-c1cccnc1. The smallest absolute Gasteiger partial charge is 0.170 e. The normalized spacial score (nSPS) is 18.2. The minimum Gasteiger partial charge on any atom is -0.352 e. The van der Waals surface area contributed by atoms with Crippen LogP contribution in [-0.2, 0) is 6.54 Å². The van der Waals surface area contributed by atoms with Gasteiger partial charge in [0.2, 0.25) is 0 Å². The van der Waals surface area contributed by atoms with Crippen LogP contribution in [-0.4, -0.2) is 24.5 Å². The average molecular weight is 426 g/mol. The fourth-order valence-electron chi connectivity index (χ4n) is 4.31. The summed E-state index contributed by atoms with van der Waals surface area (Å²) in [7, 11) is 0. The van der Waals surface area contributed by atoms with E-state index in [1.54, 1.807) is 6.20 Å². The van der Waals surface area contributed by atoms with Crippen LogP contribution in [0.1, 0.15) is 34.7 Å². The molecule has 0 aliphatic carbocycles. The van der Waals surface area contributed by atoms with Crippen molar-refractivity contribution in [2.75, 3.05) is 0 Å². The Morgan fingerprint density at radius 1 is 0.935 bits per heavy atom. The van der Waals surface area contributed by atoms with Crippen LogP contribution in [0, 0.1) is 6.92 Å². The third kappa shape index (κ3) is 3.70. The molecule has 5 rings (SSSR count). The van der Waals surface area contributed by atoms with Crippen LogP contribution in [0.15, 0.2) is 91.4 Å². The molecule has 5 nitrogen and oxygen atoms in total. The second-order valence-electron chi connectivity index (χ2n) is 7.69. The highest BCUT2D eigenvalue weighted by Gasteiger charge is 2.41. The number of aromatic nitrogens is 3. The van der Waals surface area contributed by atoms with Crippen LogP contribution in [0.4, 0.5) is 0 Å². The van der Waals surface area contributed by atoms with Crippen LogP contribution in [0.2, 0.25) is 0 Å². The third-order valence-corrected chi connectivity index (χ3v) is 6.06. The Hall–Kier alpha value is -3.51. The Morgan fingerprint density at radius 2 is 1.77 bits per heavy atom. The van der Waals surface area contributed by atoms with Gasteiger partial charge in [0.05, 0.1) is 29.7 Å². The summed E-state index contributed by atoms with van der Waals surface area (Å²) >= 11 is 5.83. The van der Waals surface area contributed by atoms with Crippen molar-refractivity contribution < 1.29 is 0 Å². The molecule has 1 N–H and O–H groups in total. The summed E-state index contributed by atoms with van der Waals surface area (Å²) in [4.78, 5) is 11.3. The van der Waals surface area contributed by atoms with Gasteiger partial charge in [-0.25, -0.2) is 0 Å². The van der Waals surface area contributed by atoms with Gasteiger partial charge in [-0.3, -0.25) is 9.97 Å². The molecule has 4 heterocycles. The highest BCUT2D eigenvalue weighted by atomic mass is 32.1. The first-order valence-corrected chi connectivity index (χ1v) is 10.7. The number of pyridine rings is 2. The lowest BCUT2D eigenvalue weighted by Gasteiger charge is -2.29. The minimum atomic E-state index is -0.0536. The van der Waals surface area contributed by atoms with Crippen molar-refractivity contribution >= 4 is 17.3 Å². The zero-order chi connectivity index (χ0) is 21.2. The molecule has 0 saturated carbocycles. The number of nitrogens with zero attached hydrogens (tertiary/aromatic N) is 4. The van der Waals surface area contributed by atoms with Gasteiger partial charge < -0.3 is 14.8 Å². The quantitative estimate of drug-likeness (QED) is 0.468. The molecule has 0 bridgehead atoms. The van der Waals surface area contributed by atoms with Crippen LogP contribution in [0.5, 0.6) is 0 Å². The Kier molecular flexibility index (Phi) is 5.22. The summed E-state index contributed by atoms with van der Waals surface area (Å²) < 4.78 is 2.27. The van der Waals surface area contributed by atoms with E-state index >= 15 is 0 Å². The molecule has 1 fully saturated rings. The Morgan fingerprint density at radius 3 is 2.52 bits per heavy atom. The van der Waals surface area contributed by atoms with E-state index in [-0.39, 0.29) is 12.1 Å². The van der Waals surface area contributed by atoms with Crippen molar-refractivity contribution in [3.63, 3.8) is 0 Å². The number of nitrogens with one attached hydrogen (secondary N) is 1. The molecule has 0 unspecified atom stereocenters. The van der Waals surface area contributed by atoms with Gasteiger partial charge >= 0.3 is 0 Å². The third-order valence-electron chi connectivity index (χ3n) is 5.71. The molecule has 2 atom stereocenters. The molecule has 0 amide bonds. The molecule has 6 heteroatoms. The van der Waals surface area contributed by atoms with Gasteiger partial charge in [-0.2, -0.15) is 0 Å². The van der Waals surface area contributed by atoms with Gasteiger partial charge in [0.25, 0.3) is 0 Å². The molecule has 0 spiro atoms. The van der Waals surface area contributed by atoms with E-state index in [2.05, 4.69) is 80.2 Å². The van der Waals surface area contributed by atoms with E-state index in [0.29, 0.717) is 0 Å². The minimum absolute atomic E-state index is 0.0171. The highest BCUT2D eigenvalue weighted by Crippen LogP contribution is 2.40. The molecule has 1 aliphatic rings. The van der Waals surface area contributed by atoms with Gasteiger partial charge in [-0.15, -0.1) is 0 Å². The summed E-state index contributed by atoms with van der Waals surface area (Å²) in [5.41, 5.74) is 5.54. The molecule has 1 aliphatic heterocycles. The van der Waals surface area contributed by atoms with Crippen molar-refractivity contribution in [1.82, 2.24) is 24.8 Å². The topological polar surface area (TPSA) is 46.0 Å². The number of hydrogen-bond donors (Lipinski definition) is 1. The first kappa shape index (κ1) is 19.5. The summed E-state index contributed by atoms with van der Waals surface area (Å²) in [5.74, 6) is 0. The summed E-state index contributed by atoms with van der Waals surface area (Å²) in [5, 5.41) is 4.28. The number of benzene rings is 1. The molecule has 31 heavy (non-hydrogen) atoms. The number of thiocarbonyl (C=S) groups is 1. The monoisotopic (exact) mass is 425 g/mol. The lowest BCUT2D eigenvalue weighted by Crippen LogP contribution is -2.30. The maximum Gasteiger partial charge on any atom is 0.170 e. The average Bonchev–Trinajstić information content (AvgIpc) is 3.35. The molecule has 1 aromatic carbocycles. The number of aryl methyl sites for hydroxylation is 1. The van der Waals surface area contributed by atoms with E-state index in [1.165, 1.54) is 5.56 Å². The Bertz CT molecular complexity index is 1170. The number of hydrogen-bond acceptors (Lipinski definition) is 3. The predicted molar refractivity (Wildman–Crippen MR) is 126 cm³/mol. The standard InChI is InChI=1S/C25H23N5S/c1-18-12-13-22(30(18)20-10-7-14-26-16-20)24-23(21-11-5-6-15-27-21)28-25(31)29(24)17-19-8-3-2-4-9-19/h2-16,23-24H,17H2,1H3,(H,28,31)/t23-,24-/m1/s1. The Balaban J connectivity index is 1.63. The maximum atomic E-state index is 5.83. The second kappa shape index (κ2) is 8.32. The van der Waals surface area contributed by atoms with Crippen molar-refractivity contribution in [1.29, 1.82) is 0 Å².